The molecule has 0 spiro atoms. The van der Waals surface area contributed by atoms with Crippen molar-refractivity contribution in [1.82, 2.24) is 10.6 Å². The Morgan fingerprint density at radius 2 is 1.95 bits per heavy atom. The second-order valence-corrected chi connectivity index (χ2v) is 5.65. The number of carbonyl (C=O) groups is 1. The normalized spacial score (nSPS) is 22.2. The number of hydrogen-bond donors (Lipinski definition) is 3. The van der Waals surface area contributed by atoms with Crippen LogP contribution in [0.15, 0.2) is 18.2 Å². The number of benzene rings is 1. The summed E-state index contributed by atoms with van der Waals surface area (Å²) in [5.74, 6) is 0. The van der Waals surface area contributed by atoms with Crippen LogP contribution in [0.3, 0.4) is 0 Å². The molecule has 0 aromatic heterocycles. The molecule has 2 amide bonds. The molecule has 0 bridgehead atoms. The monoisotopic (exact) mass is 259 g/mol. The average molecular weight is 259 g/mol. The summed E-state index contributed by atoms with van der Waals surface area (Å²) in [6.45, 7) is 0. The van der Waals surface area contributed by atoms with Crippen LogP contribution in [0.4, 0.5) is 10.5 Å². The average Bonchev–Trinajstić information content (AvgIpc) is 2.99. The third-order valence-electron chi connectivity index (χ3n) is 4.24. The lowest BCUT2D eigenvalue weighted by molar-refractivity contribution is 0.233. The van der Waals surface area contributed by atoms with Crippen LogP contribution in [0.5, 0.6) is 0 Å². The summed E-state index contributed by atoms with van der Waals surface area (Å²) in [6.07, 6.45) is 6.66. The fraction of sp³-hybridized carbons (Fsp3) is 0.533. The van der Waals surface area contributed by atoms with Gasteiger partial charge in [-0.25, -0.2) is 4.79 Å². The molecule has 1 aromatic rings. The lowest BCUT2D eigenvalue weighted by Crippen LogP contribution is -2.42. The van der Waals surface area contributed by atoms with Crippen LogP contribution >= 0.6 is 0 Å². The van der Waals surface area contributed by atoms with E-state index >= 15 is 0 Å². The fourth-order valence-electron chi connectivity index (χ4n) is 3.24. The van der Waals surface area contributed by atoms with E-state index in [0.717, 1.165) is 31.4 Å². The molecule has 19 heavy (non-hydrogen) atoms. The van der Waals surface area contributed by atoms with Gasteiger partial charge in [-0.05, 0) is 48.9 Å². The molecule has 2 aliphatic rings. The van der Waals surface area contributed by atoms with Crippen molar-refractivity contribution in [3.8, 4) is 0 Å². The molecule has 3 rings (SSSR count). The third kappa shape index (κ3) is 2.67. The van der Waals surface area contributed by atoms with Gasteiger partial charge in [0.1, 0.15) is 0 Å². The first-order valence-corrected chi connectivity index (χ1v) is 7.18. The summed E-state index contributed by atoms with van der Waals surface area (Å²) in [7, 11) is 0. The second-order valence-electron chi connectivity index (χ2n) is 5.65. The summed E-state index contributed by atoms with van der Waals surface area (Å²) < 4.78 is 0. The highest BCUT2D eigenvalue weighted by Crippen LogP contribution is 2.32. The minimum absolute atomic E-state index is 0.0263. The molecule has 0 heterocycles. The molecular formula is C15H21N3O. The van der Waals surface area contributed by atoms with Crippen LogP contribution < -0.4 is 16.4 Å². The standard InChI is InChI=1S/C15H21N3O/c16-11-6-7-13-10(9-11)5-8-14(13)18-15(19)17-12-3-1-2-4-12/h6-7,9,12,14H,1-5,8,16H2,(H2,17,18,19). The number of carbonyl (C=O) groups excluding carboxylic acids is 1. The number of nitrogens with one attached hydrogen (secondary N) is 2. The van der Waals surface area contributed by atoms with E-state index in [0.29, 0.717) is 6.04 Å². The molecule has 4 nitrogen and oxygen atoms in total. The molecule has 1 atom stereocenters. The number of hydrogen-bond acceptors (Lipinski definition) is 2. The van der Waals surface area contributed by atoms with Gasteiger partial charge in [-0.15, -0.1) is 0 Å². The Bertz CT molecular complexity index is 480. The fourth-order valence-corrected chi connectivity index (χ4v) is 3.24. The summed E-state index contributed by atoms with van der Waals surface area (Å²) in [5, 5.41) is 6.16. The van der Waals surface area contributed by atoms with Gasteiger partial charge in [0.25, 0.3) is 0 Å². The van der Waals surface area contributed by atoms with Crippen LogP contribution in [-0.4, -0.2) is 12.1 Å². The van der Waals surface area contributed by atoms with Gasteiger partial charge < -0.3 is 16.4 Å². The number of amides is 2. The Balaban J connectivity index is 1.61. The first-order valence-electron chi connectivity index (χ1n) is 7.18. The van der Waals surface area contributed by atoms with Crippen LogP contribution in [-0.2, 0) is 6.42 Å². The van der Waals surface area contributed by atoms with Crippen LogP contribution in [0.1, 0.15) is 49.3 Å². The number of anilines is 1. The minimum Gasteiger partial charge on any atom is -0.399 e. The second kappa shape index (κ2) is 5.11. The zero-order valence-corrected chi connectivity index (χ0v) is 11.1. The van der Waals surface area contributed by atoms with Crippen LogP contribution in [0, 0.1) is 0 Å². The number of fused-ring (bicyclic) bond motifs is 1. The van der Waals surface area contributed by atoms with Gasteiger partial charge in [-0.1, -0.05) is 18.9 Å². The van der Waals surface area contributed by atoms with Gasteiger partial charge in [0, 0.05) is 11.7 Å². The molecule has 1 aromatic carbocycles. The first-order chi connectivity index (χ1) is 9.22. The van der Waals surface area contributed by atoms with Gasteiger partial charge in [-0.3, -0.25) is 0 Å². The molecule has 0 aliphatic heterocycles. The predicted octanol–water partition coefficient (Wildman–Crippen LogP) is 2.50. The highest BCUT2D eigenvalue weighted by Gasteiger charge is 2.25. The van der Waals surface area contributed by atoms with Gasteiger partial charge in [-0.2, -0.15) is 0 Å². The van der Waals surface area contributed by atoms with E-state index < -0.39 is 0 Å². The molecule has 0 saturated heterocycles. The maximum absolute atomic E-state index is 12.0. The topological polar surface area (TPSA) is 67.1 Å². The van der Waals surface area contributed by atoms with Crippen molar-refractivity contribution in [2.24, 2.45) is 0 Å². The third-order valence-corrected chi connectivity index (χ3v) is 4.24. The van der Waals surface area contributed by atoms with Crippen LogP contribution in [0.2, 0.25) is 0 Å². The largest absolute Gasteiger partial charge is 0.399 e. The minimum atomic E-state index is -0.0263. The quantitative estimate of drug-likeness (QED) is 0.714. The number of aryl methyl sites for hydroxylation is 1. The van der Waals surface area contributed by atoms with Crippen molar-refractivity contribution >= 4 is 11.7 Å². The number of urea groups is 1. The van der Waals surface area contributed by atoms with Crippen molar-refractivity contribution in [2.45, 2.75) is 50.6 Å². The SMILES string of the molecule is Nc1ccc2c(c1)CCC2NC(=O)NC1CCCC1. The van der Waals surface area contributed by atoms with E-state index in [9.17, 15) is 4.79 Å². The van der Waals surface area contributed by atoms with Crippen molar-refractivity contribution in [3.05, 3.63) is 29.3 Å². The number of rotatable bonds is 2. The van der Waals surface area contributed by atoms with Gasteiger partial charge in [0.2, 0.25) is 0 Å². The lowest BCUT2D eigenvalue weighted by Gasteiger charge is -2.18. The Hall–Kier alpha value is -1.71. The highest BCUT2D eigenvalue weighted by atomic mass is 16.2. The van der Waals surface area contributed by atoms with Crippen molar-refractivity contribution in [2.75, 3.05) is 5.73 Å². The van der Waals surface area contributed by atoms with E-state index in [-0.39, 0.29) is 12.1 Å². The summed E-state index contributed by atoms with van der Waals surface area (Å²) in [6, 6.07) is 6.45. The van der Waals surface area contributed by atoms with Crippen LogP contribution in [0.25, 0.3) is 0 Å². The van der Waals surface area contributed by atoms with Crippen molar-refractivity contribution in [3.63, 3.8) is 0 Å². The summed E-state index contributed by atoms with van der Waals surface area (Å²) in [5.41, 5.74) is 9.08. The predicted molar refractivity (Wildman–Crippen MR) is 75.8 cm³/mol. The molecule has 0 radical (unpaired) electrons. The molecule has 1 saturated carbocycles. The molecule has 4 heteroatoms. The Morgan fingerprint density at radius 1 is 1.16 bits per heavy atom. The Kier molecular flexibility index (Phi) is 3.32. The zero-order chi connectivity index (χ0) is 13.2. The number of nitrogens with two attached hydrogens (primary N) is 1. The van der Waals surface area contributed by atoms with Gasteiger partial charge >= 0.3 is 6.03 Å². The zero-order valence-electron chi connectivity index (χ0n) is 11.1. The van der Waals surface area contributed by atoms with Crippen molar-refractivity contribution in [1.29, 1.82) is 0 Å². The summed E-state index contributed by atoms with van der Waals surface area (Å²) >= 11 is 0. The highest BCUT2D eigenvalue weighted by molar-refractivity contribution is 5.75. The van der Waals surface area contributed by atoms with E-state index in [1.54, 1.807) is 0 Å². The maximum Gasteiger partial charge on any atom is 0.315 e. The molecule has 4 N–H and O–H groups in total. The molecular weight excluding hydrogens is 238 g/mol. The van der Waals surface area contributed by atoms with Gasteiger partial charge in [0.15, 0.2) is 0 Å². The Labute approximate surface area is 113 Å². The van der Waals surface area contributed by atoms with E-state index in [1.165, 1.54) is 24.0 Å². The lowest BCUT2D eigenvalue weighted by atomic mass is 10.1. The molecule has 2 aliphatic carbocycles. The molecule has 1 fully saturated rings. The smallest absolute Gasteiger partial charge is 0.315 e. The molecule has 1 unspecified atom stereocenters. The maximum atomic E-state index is 12.0. The summed E-state index contributed by atoms with van der Waals surface area (Å²) in [4.78, 5) is 12.0. The van der Waals surface area contributed by atoms with E-state index in [1.807, 2.05) is 18.2 Å². The van der Waals surface area contributed by atoms with E-state index in [2.05, 4.69) is 10.6 Å². The molecule has 102 valence electrons. The first kappa shape index (κ1) is 12.3. The van der Waals surface area contributed by atoms with Crippen molar-refractivity contribution < 1.29 is 4.79 Å². The van der Waals surface area contributed by atoms with Gasteiger partial charge in [0.05, 0.1) is 6.04 Å². The van der Waals surface area contributed by atoms with E-state index in [4.69, 9.17) is 5.73 Å². The number of nitrogen functional groups attached to an aromatic ring is 1. The Morgan fingerprint density at radius 3 is 2.74 bits per heavy atom.